The maximum absolute atomic E-state index is 10.5. The standard InChI is InChI=1S/C7H6O/c8-7-5-3-1-2-4-6-7/h3-4H,5-6H2. The van der Waals surface area contributed by atoms with Crippen molar-refractivity contribution in [2.45, 2.75) is 12.8 Å². The van der Waals surface area contributed by atoms with E-state index in [-0.39, 0.29) is 5.78 Å². The Morgan fingerprint density at radius 1 is 1.25 bits per heavy atom. The van der Waals surface area contributed by atoms with Gasteiger partial charge in [-0.3, -0.25) is 4.79 Å². The lowest BCUT2D eigenvalue weighted by Gasteiger charge is -1.82. The van der Waals surface area contributed by atoms with E-state index in [4.69, 9.17) is 0 Å². The summed E-state index contributed by atoms with van der Waals surface area (Å²) >= 11 is 0. The summed E-state index contributed by atoms with van der Waals surface area (Å²) < 4.78 is 0. The second-order valence-corrected chi connectivity index (χ2v) is 1.64. The lowest BCUT2D eigenvalue weighted by atomic mass is 10.2. The van der Waals surface area contributed by atoms with E-state index in [1.807, 2.05) is 0 Å². The van der Waals surface area contributed by atoms with Crippen molar-refractivity contribution in [1.29, 1.82) is 0 Å². The second-order valence-electron chi connectivity index (χ2n) is 1.64. The molecule has 0 bridgehead atoms. The quantitative estimate of drug-likeness (QED) is 0.424. The molecule has 0 aliphatic heterocycles. The van der Waals surface area contributed by atoms with Crippen LogP contribution >= 0.6 is 0 Å². The summed E-state index contributed by atoms with van der Waals surface area (Å²) in [6.45, 7) is 0. The van der Waals surface area contributed by atoms with Crippen LogP contribution in [0.1, 0.15) is 12.8 Å². The van der Waals surface area contributed by atoms with Gasteiger partial charge in [0.1, 0.15) is 5.78 Å². The van der Waals surface area contributed by atoms with Crippen LogP contribution in [0.15, 0.2) is 23.6 Å². The zero-order chi connectivity index (χ0) is 5.82. The number of carbonyl (C=O) groups is 1. The normalized spacial score (nSPS) is 16.8. The highest BCUT2D eigenvalue weighted by Crippen LogP contribution is 1.93. The maximum Gasteiger partial charge on any atom is 0.141 e. The average molecular weight is 106 g/mol. The molecular weight excluding hydrogens is 100 g/mol. The number of allylic oxidation sites excluding steroid dienone is 2. The van der Waals surface area contributed by atoms with Crippen molar-refractivity contribution in [3.05, 3.63) is 23.6 Å². The molecule has 1 rings (SSSR count). The highest BCUT2D eigenvalue weighted by atomic mass is 16.1. The molecule has 0 saturated heterocycles. The summed E-state index contributed by atoms with van der Waals surface area (Å²) in [7, 11) is 0. The zero-order valence-corrected chi connectivity index (χ0v) is 4.48. The van der Waals surface area contributed by atoms with E-state index in [1.54, 1.807) is 12.2 Å². The Morgan fingerprint density at radius 3 is 2.25 bits per heavy atom. The molecule has 0 aromatic rings. The van der Waals surface area contributed by atoms with Gasteiger partial charge in [0.25, 0.3) is 0 Å². The molecule has 0 aromatic heterocycles. The minimum Gasteiger partial charge on any atom is -0.299 e. The fraction of sp³-hybridized carbons (Fsp3) is 0.286. The zero-order valence-electron chi connectivity index (χ0n) is 4.48. The third-order valence-corrected chi connectivity index (χ3v) is 0.947. The Balaban J connectivity index is 2.81. The van der Waals surface area contributed by atoms with E-state index in [0.717, 1.165) is 0 Å². The van der Waals surface area contributed by atoms with E-state index < -0.39 is 0 Å². The number of carbonyl (C=O) groups excluding carboxylic acids is 1. The van der Waals surface area contributed by atoms with Crippen LogP contribution in [0.25, 0.3) is 0 Å². The van der Waals surface area contributed by atoms with Gasteiger partial charge < -0.3 is 0 Å². The fourth-order valence-electron chi connectivity index (χ4n) is 0.531. The third-order valence-electron chi connectivity index (χ3n) is 0.947. The van der Waals surface area contributed by atoms with Gasteiger partial charge in [0.15, 0.2) is 0 Å². The van der Waals surface area contributed by atoms with E-state index in [9.17, 15) is 4.79 Å². The van der Waals surface area contributed by atoms with Crippen molar-refractivity contribution in [3.63, 3.8) is 0 Å². The minimum atomic E-state index is 0.238. The van der Waals surface area contributed by atoms with Gasteiger partial charge in [-0.25, -0.2) is 0 Å². The SMILES string of the molecule is O=C1CC=C=C=CC1. The molecule has 0 saturated carbocycles. The van der Waals surface area contributed by atoms with Crippen LogP contribution in [0.3, 0.4) is 0 Å². The molecular formula is C7H6O. The van der Waals surface area contributed by atoms with Crippen molar-refractivity contribution < 1.29 is 4.79 Å². The second kappa shape index (κ2) is 2.32. The molecule has 0 amide bonds. The van der Waals surface area contributed by atoms with Crippen molar-refractivity contribution in [1.82, 2.24) is 0 Å². The van der Waals surface area contributed by atoms with Gasteiger partial charge in [-0.05, 0) is 12.2 Å². The monoisotopic (exact) mass is 106 g/mol. The predicted molar refractivity (Wildman–Crippen MR) is 30.4 cm³/mol. The third kappa shape index (κ3) is 1.23. The molecule has 0 aromatic carbocycles. The molecule has 1 aliphatic rings. The number of rotatable bonds is 0. The fourth-order valence-corrected chi connectivity index (χ4v) is 0.531. The van der Waals surface area contributed by atoms with Crippen molar-refractivity contribution in [3.8, 4) is 0 Å². The Bertz CT molecular complexity index is 168. The van der Waals surface area contributed by atoms with Crippen LogP contribution in [-0.4, -0.2) is 5.78 Å². The van der Waals surface area contributed by atoms with Crippen molar-refractivity contribution in [2.24, 2.45) is 0 Å². The van der Waals surface area contributed by atoms with Gasteiger partial charge >= 0.3 is 0 Å². The lowest BCUT2D eigenvalue weighted by Crippen LogP contribution is -1.89. The molecule has 0 spiro atoms. The van der Waals surface area contributed by atoms with Gasteiger partial charge in [0, 0.05) is 12.8 Å². The smallest absolute Gasteiger partial charge is 0.141 e. The maximum atomic E-state index is 10.5. The summed E-state index contributed by atoms with van der Waals surface area (Å²) in [5, 5.41) is 0. The molecule has 0 radical (unpaired) electrons. The Hall–Kier alpha value is -1.03. The summed E-state index contributed by atoms with van der Waals surface area (Å²) in [5.41, 5.74) is 5.45. The molecule has 0 unspecified atom stereocenters. The minimum absolute atomic E-state index is 0.238. The molecule has 0 N–H and O–H groups in total. The number of Topliss-reactive ketones (excluding diaryl/α,β-unsaturated/α-hetero) is 1. The summed E-state index contributed by atoms with van der Waals surface area (Å²) in [5.74, 6) is 0.238. The van der Waals surface area contributed by atoms with Gasteiger partial charge in [-0.15, -0.1) is 0 Å². The summed E-state index contributed by atoms with van der Waals surface area (Å²) in [4.78, 5) is 10.5. The van der Waals surface area contributed by atoms with Crippen molar-refractivity contribution >= 4 is 5.78 Å². The molecule has 1 nitrogen and oxygen atoms in total. The number of hydrogen-bond acceptors (Lipinski definition) is 1. The average Bonchev–Trinajstić information content (AvgIpc) is 1.94. The van der Waals surface area contributed by atoms with Crippen LogP contribution in [0.4, 0.5) is 0 Å². The van der Waals surface area contributed by atoms with E-state index in [1.165, 1.54) is 0 Å². The van der Waals surface area contributed by atoms with E-state index >= 15 is 0 Å². The number of hydrogen-bond donors (Lipinski definition) is 0. The van der Waals surface area contributed by atoms with Crippen LogP contribution in [-0.2, 0) is 4.79 Å². The Labute approximate surface area is 48.0 Å². The summed E-state index contributed by atoms with van der Waals surface area (Å²) in [6, 6.07) is 0. The highest BCUT2D eigenvalue weighted by molar-refractivity contribution is 5.81. The first kappa shape index (κ1) is 5.11. The Morgan fingerprint density at radius 2 is 1.75 bits per heavy atom. The van der Waals surface area contributed by atoms with E-state index in [2.05, 4.69) is 11.5 Å². The van der Waals surface area contributed by atoms with Gasteiger partial charge in [0.2, 0.25) is 0 Å². The predicted octanol–water partition coefficient (Wildman–Crippen LogP) is 1.22. The first-order valence-electron chi connectivity index (χ1n) is 2.56. The summed E-state index contributed by atoms with van der Waals surface area (Å²) in [6.07, 6.45) is 4.44. The first-order chi connectivity index (χ1) is 3.89. The van der Waals surface area contributed by atoms with Crippen LogP contribution in [0, 0.1) is 0 Å². The molecule has 1 aliphatic carbocycles. The van der Waals surface area contributed by atoms with Gasteiger partial charge in [-0.2, -0.15) is 0 Å². The number of ketones is 1. The molecule has 0 heterocycles. The van der Waals surface area contributed by atoms with Crippen LogP contribution in [0.5, 0.6) is 0 Å². The molecule has 40 valence electrons. The topological polar surface area (TPSA) is 17.1 Å². The van der Waals surface area contributed by atoms with Crippen molar-refractivity contribution in [2.75, 3.05) is 0 Å². The van der Waals surface area contributed by atoms with Gasteiger partial charge in [0.05, 0.1) is 0 Å². The first-order valence-corrected chi connectivity index (χ1v) is 2.56. The van der Waals surface area contributed by atoms with Crippen LogP contribution in [0.2, 0.25) is 0 Å². The van der Waals surface area contributed by atoms with Gasteiger partial charge in [-0.1, -0.05) is 11.5 Å². The van der Waals surface area contributed by atoms with Crippen LogP contribution < -0.4 is 0 Å². The molecule has 0 fully saturated rings. The molecule has 8 heavy (non-hydrogen) atoms. The van der Waals surface area contributed by atoms with E-state index in [0.29, 0.717) is 12.8 Å². The molecule has 0 atom stereocenters. The largest absolute Gasteiger partial charge is 0.299 e. The molecule has 1 heteroatoms. The highest BCUT2D eigenvalue weighted by Gasteiger charge is 1.94. The Kier molecular flexibility index (Phi) is 1.48. The lowest BCUT2D eigenvalue weighted by molar-refractivity contribution is -0.117.